The predicted molar refractivity (Wildman–Crippen MR) is 56.6 cm³/mol. The van der Waals surface area contributed by atoms with E-state index >= 15 is 0 Å². The molecule has 0 bridgehead atoms. The molecule has 1 aromatic carbocycles. The van der Waals surface area contributed by atoms with Gasteiger partial charge >= 0.3 is 5.97 Å². The van der Waals surface area contributed by atoms with Gasteiger partial charge in [0, 0.05) is 5.92 Å². The van der Waals surface area contributed by atoms with Crippen molar-refractivity contribution >= 4 is 5.97 Å². The van der Waals surface area contributed by atoms with Gasteiger partial charge in [-0.2, -0.15) is 0 Å². The second kappa shape index (κ2) is 3.92. The van der Waals surface area contributed by atoms with E-state index in [4.69, 9.17) is 14.2 Å². The second-order valence-electron chi connectivity index (χ2n) is 4.20. The van der Waals surface area contributed by atoms with Crippen molar-refractivity contribution in [2.24, 2.45) is 5.92 Å². The van der Waals surface area contributed by atoms with Gasteiger partial charge in [0.2, 0.25) is 6.79 Å². The first kappa shape index (κ1) is 10.4. The average molecular weight is 236 g/mol. The predicted octanol–water partition coefficient (Wildman–Crippen LogP) is 1.01. The molecular weight excluding hydrogens is 224 g/mol. The van der Waals surface area contributed by atoms with Crippen LogP contribution in [0.5, 0.6) is 11.5 Å². The summed E-state index contributed by atoms with van der Waals surface area (Å²) in [7, 11) is 0. The molecule has 0 saturated carbocycles. The zero-order chi connectivity index (χ0) is 11.8. The Labute approximate surface area is 97.9 Å². The maximum atomic E-state index is 11.0. The van der Waals surface area contributed by atoms with Gasteiger partial charge in [-0.05, 0) is 17.7 Å². The molecule has 2 aliphatic heterocycles. The molecule has 1 saturated heterocycles. The van der Waals surface area contributed by atoms with E-state index < -0.39 is 6.10 Å². The smallest absolute Gasteiger partial charge is 0.306 e. The molecule has 2 heterocycles. The van der Waals surface area contributed by atoms with Gasteiger partial charge in [-0.15, -0.1) is 0 Å². The van der Waals surface area contributed by atoms with E-state index in [1.54, 1.807) is 18.2 Å². The third-order valence-corrected chi connectivity index (χ3v) is 3.07. The molecule has 90 valence electrons. The van der Waals surface area contributed by atoms with Crippen LogP contribution >= 0.6 is 0 Å². The second-order valence-corrected chi connectivity index (χ2v) is 4.20. The van der Waals surface area contributed by atoms with Gasteiger partial charge in [-0.25, -0.2) is 0 Å². The van der Waals surface area contributed by atoms with Crippen LogP contribution in [0.25, 0.3) is 0 Å². The van der Waals surface area contributed by atoms with Crippen molar-refractivity contribution in [1.29, 1.82) is 0 Å². The first-order valence-electron chi connectivity index (χ1n) is 5.47. The van der Waals surface area contributed by atoms with E-state index in [0.29, 0.717) is 11.5 Å². The Kier molecular flexibility index (Phi) is 2.40. The summed E-state index contributed by atoms with van der Waals surface area (Å²) in [5.74, 6) is 0.879. The molecular formula is C12H12O5. The fourth-order valence-corrected chi connectivity index (χ4v) is 2.10. The molecule has 1 N–H and O–H groups in total. The van der Waals surface area contributed by atoms with Crippen LogP contribution in [0.1, 0.15) is 18.1 Å². The maximum Gasteiger partial charge on any atom is 0.306 e. The molecule has 0 radical (unpaired) electrons. The summed E-state index contributed by atoms with van der Waals surface area (Å²) in [6.45, 7) is 0.481. The Morgan fingerprint density at radius 3 is 2.82 bits per heavy atom. The van der Waals surface area contributed by atoms with Crippen molar-refractivity contribution < 1.29 is 24.1 Å². The highest BCUT2D eigenvalue weighted by Crippen LogP contribution is 2.37. The van der Waals surface area contributed by atoms with Crippen LogP contribution in [0.3, 0.4) is 0 Å². The van der Waals surface area contributed by atoms with Gasteiger partial charge in [-0.3, -0.25) is 4.79 Å². The fraction of sp³-hybridized carbons (Fsp3) is 0.417. The van der Waals surface area contributed by atoms with Gasteiger partial charge < -0.3 is 19.3 Å². The number of fused-ring (bicyclic) bond motifs is 1. The summed E-state index contributed by atoms with van der Waals surface area (Å²) in [5.41, 5.74) is 0.720. The molecule has 5 heteroatoms. The highest BCUT2D eigenvalue weighted by molar-refractivity contribution is 5.71. The molecule has 2 aliphatic rings. The lowest BCUT2D eigenvalue weighted by Gasteiger charge is -2.15. The van der Waals surface area contributed by atoms with Crippen LogP contribution in [0, 0.1) is 5.92 Å². The zero-order valence-electron chi connectivity index (χ0n) is 9.09. The number of carbonyl (C=O) groups is 1. The number of rotatable bonds is 2. The first-order chi connectivity index (χ1) is 8.24. The molecule has 2 atom stereocenters. The minimum absolute atomic E-state index is 0.178. The Hall–Kier alpha value is -1.75. The van der Waals surface area contributed by atoms with Gasteiger partial charge in [0.25, 0.3) is 0 Å². The van der Waals surface area contributed by atoms with Crippen molar-refractivity contribution in [2.75, 3.05) is 13.4 Å². The van der Waals surface area contributed by atoms with Gasteiger partial charge in [0.05, 0.1) is 19.1 Å². The van der Waals surface area contributed by atoms with E-state index in [0.717, 1.165) is 5.56 Å². The molecule has 1 aromatic rings. The standard InChI is InChI=1S/C12H12O5/c13-11-4-8(5-15-11)12(14)7-1-2-9-10(3-7)17-6-16-9/h1-3,8,12,14H,4-6H2/t8-,12-/m0/s1. The molecule has 0 amide bonds. The highest BCUT2D eigenvalue weighted by atomic mass is 16.7. The van der Waals surface area contributed by atoms with E-state index in [-0.39, 0.29) is 31.7 Å². The molecule has 17 heavy (non-hydrogen) atoms. The lowest BCUT2D eigenvalue weighted by atomic mass is 9.95. The zero-order valence-corrected chi connectivity index (χ0v) is 9.09. The fourth-order valence-electron chi connectivity index (χ4n) is 2.10. The molecule has 5 nitrogen and oxygen atoms in total. The number of hydrogen-bond acceptors (Lipinski definition) is 5. The summed E-state index contributed by atoms with van der Waals surface area (Å²) in [6.07, 6.45) is -0.453. The van der Waals surface area contributed by atoms with Gasteiger partial charge in [-0.1, -0.05) is 6.07 Å². The molecule has 0 unspecified atom stereocenters. The minimum atomic E-state index is -0.712. The van der Waals surface area contributed by atoms with E-state index in [1.165, 1.54) is 0 Å². The summed E-state index contributed by atoms with van der Waals surface area (Å²) in [5, 5.41) is 10.1. The van der Waals surface area contributed by atoms with Crippen LogP contribution in [0.2, 0.25) is 0 Å². The number of aliphatic hydroxyl groups is 1. The summed E-state index contributed by atoms with van der Waals surface area (Å²) in [4.78, 5) is 11.0. The summed E-state index contributed by atoms with van der Waals surface area (Å²) in [6, 6.07) is 5.29. The number of hydrogen-bond donors (Lipinski definition) is 1. The van der Waals surface area contributed by atoms with Crippen molar-refractivity contribution in [3.8, 4) is 11.5 Å². The average Bonchev–Trinajstić information content (AvgIpc) is 2.95. The van der Waals surface area contributed by atoms with E-state index in [1.807, 2.05) is 0 Å². The maximum absolute atomic E-state index is 11.0. The van der Waals surface area contributed by atoms with E-state index in [9.17, 15) is 9.90 Å². The van der Waals surface area contributed by atoms with Crippen LogP contribution in [-0.4, -0.2) is 24.5 Å². The molecule has 0 spiro atoms. The number of ether oxygens (including phenoxy) is 3. The molecule has 1 fully saturated rings. The van der Waals surface area contributed by atoms with Crippen LogP contribution in [-0.2, 0) is 9.53 Å². The normalized spacial score (nSPS) is 23.6. The van der Waals surface area contributed by atoms with Gasteiger partial charge in [0.15, 0.2) is 11.5 Å². The monoisotopic (exact) mass is 236 g/mol. The van der Waals surface area contributed by atoms with Crippen LogP contribution in [0.4, 0.5) is 0 Å². The topological polar surface area (TPSA) is 65.0 Å². The largest absolute Gasteiger partial charge is 0.465 e. The number of aliphatic hydroxyl groups excluding tert-OH is 1. The third kappa shape index (κ3) is 1.82. The summed E-state index contributed by atoms with van der Waals surface area (Å²) < 4.78 is 15.3. The highest BCUT2D eigenvalue weighted by Gasteiger charge is 2.31. The van der Waals surface area contributed by atoms with Crippen molar-refractivity contribution in [3.63, 3.8) is 0 Å². The Balaban J connectivity index is 1.81. The Bertz CT molecular complexity index is 456. The number of benzene rings is 1. The lowest BCUT2D eigenvalue weighted by Crippen LogP contribution is -2.12. The quantitative estimate of drug-likeness (QED) is 0.776. The van der Waals surface area contributed by atoms with Gasteiger partial charge in [0.1, 0.15) is 0 Å². The van der Waals surface area contributed by atoms with Crippen molar-refractivity contribution in [1.82, 2.24) is 0 Å². The van der Waals surface area contributed by atoms with E-state index in [2.05, 4.69) is 0 Å². The van der Waals surface area contributed by atoms with Crippen molar-refractivity contribution in [3.05, 3.63) is 23.8 Å². The lowest BCUT2D eigenvalue weighted by molar-refractivity contribution is -0.137. The SMILES string of the molecule is O=C1C[C@H]([C@@H](O)c2ccc3c(c2)OCO3)CO1. The van der Waals surface area contributed by atoms with Crippen LogP contribution in [0.15, 0.2) is 18.2 Å². The third-order valence-electron chi connectivity index (χ3n) is 3.07. The Morgan fingerprint density at radius 2 is 2.06 bits per heavy atom. The first-order valence-corrected chi connectivity index (χ1v) is 5.47. The molecule has 0 aliphatic carbocycles. The number of esters is 1. The van der Waals surface area contributed by atoms with Crippen molar-refractivity contribution in [2.45, 2.75) is 12.5 Å². The number of cyclic esters (lactones) is 1. The summed E-state index contributed by atoms with van der Waals surface area (Å²) >= 11 is 0. The minimum Gasteiger partial charge on any atom is -0.465 e. The molecule has 3 rings (SSSR count). The molecule has 0 aromatic heterocycles. The Morgan fingerprint density at radius 1 is 1.24 bits per heavy atom. The number of carbonyl (C=O) groups excluding carboxylic acids is 1. The van der Waals surface area contributed by atoms with Crippen LogP contribution < -0.4 is 9.47 Å².